The fourth-order valence-corrected chi connectivity index (χ4v) is 5.41. The fraction of sp³-hybridized carbons (Fsp3) is 0.862. The maximum Gasteiger partial charge on any atom is 0.472 e. The molecule has 252 valence electrons. The van der Waals surface area contributed by atoms with Gasteiger partial charge in [0.1, 0.15) is 43.2 Å². The average molecular weight is 641 g/mol. The number of rotatable bonds is 23. The van der Waals surface area contributed by atoms with Crippen LogP contribution in [-0.2, 0) is 32.7 Å². The first kappa shape index (κ1) is 39.6. The lowest BCUT2D eigenvalue weighted by molar-refractivity contribution is -0.220. The van der Waals surface area contributed by atoms with Gasteiger partial charge in [-0.2, -0.15) is 0 Å². The van der Waals surface area contributed by atoms with Crippen LogP contribution in [0.15, 0.2) is 12.2 Å². The summed E-state index contributed by atoms with van der Waals surface area (Å²) in [7, 11) is -5.08. The van der Waals surface area contributed by atoms with Crippen LogP contribution in [0.3, 0.4) is 0 Å². The maximum atomic E-state index is 12.5. The van der Waals surface area contributed by atoms with Crippen LogP contribution >= 0.6 is 7.82 Å². The highest BCUT2D eigenvalue weighted by Gasteiger charge is 2.51. The molecule has 0 saturated heterocycles. The second-order valence-corrected chi connectivity index (χ2v) is 12.4. The van der Waals surface area contributed by atoms with Gasteiger partial charge in [0.2, 0.25) is 0 Å². The number of carbonyl (C=O) groups excluding carboxylic acids is 2. The molecule has 0 bridgehead atoms. The van der Waals surface area contributed by atoms with Crippen LogP contribution < -0.4 is 0 Å². The standard InChI is InChI=1S/C29H53O13P/c1-3-5-7-8-9-10-11-12-13-14-15-16-18-23(31)41-21(19-39-22(30)17-6-4-2)20-40-43(37,38)42-29-27(35)25(33)24(32)26(34)28(29)36/h9-10,21,24-29,32-36H,3-8,11-20H2,1-2H3,(H,37,38)/b10-9-. The normalized spacial score (nSPS) is 26.2. The van der Waals surface area contributed by atoms with Crippen molar-refractivity contribution >= 4 is 19.8 Å². The van der Waals surface area contributed by atoms with E-state index in [-0.39, 0.29) is 12.8 Å². The zero-order valence-corrected chi connectivity index (χ0v) is 26.4. The third kappa shape index (κ3) is 16.5. The molecule has 0 aromatic rings. The third-order valence-electron chi connectivity index (χ3n) is 7.11. The van der Waals surface area contributed by atoms with Gasteiger partial charge in [-0.05, 0) is 38.5 Å². The van der Waals surface area contributed by atoms with Crippen molar-refractivity contribution in [1.82, 2.24) is 0 Å². The molecular formula is C29H53O13P. The lowest BCUT2D eigenvalue weighted by Gasteiger charge is -2.41. The van der Waals surface area contributed by atoms with E-state index in [2.05, 4.69) is 19.1 Å². The lowest BCUT2D eigenvalue weighted by atomic mass is 9.85. The van der Waals surface area contributed by atoms with Crippen LogP contribution in [0.5, 0.6) is 0 Å². The lowest BCUT2D eigenvalue weighted by Crippen LogP contribution is -2.64. The molecule has 6 N–H and O–H groups in total. The number of unbranched alkanes of at least 4 members (excludes halogenated alkanes) is 9. The first-order valence-electron chi connectivity index (χ1n) is 15.5. The molecular weight excluding hydrogens is 587 g/mol. The van der Waals surface area contributed by atoms with Crippen molar-refractivity contribution in [3.05, 3.63) is 12.2 Å². The molecule has 0 aromatic heterocycles. The second kappa shape index (κ2) is 22.2. The molecule has 0 spiro atoms. The number of ether oxygens (including phenoxy) is 2. The molecule has 0 heterocycles. The van der Waals surface area contributed by atoms with E-state index in [1.165, 1.54) is 19.3 Å². The van der Waals surface area contributed by atoms with Crippen LogP contribution in [0.2, 0.25) is 0 Å². The number of allylic oxidation sites excluding steroid dienone is 2. The molecule has 1 aliphatic carbocycles. The predicted molar refractivity (Wildman–Crippen MR) is 157 cm³/mol. The Bertz CT molecular complexity index is 838. The van der Waals surface area contributed by atoms with Gasteiger partial charge in [-0.25, -0.2) is 4.57 Å². The van der Waals surface area contributed by atoms with Crippen molar-refractivity contribution in [2.75, 3.05) is 13.2 Å². The Balaban J connectivity index is 2.55. The molecule has 13 nitrogen and oxygen atoms in total. The summed E-state index contributed by atoms with van der Waals surface area (Å²) >= 11 is 0. The van der Waals surface area contributed by atoms with Crippen LogP contribution in [0.1, 0.15) is 104 Å². The Hall–Kier alpha value is -1.41. The van der Waals surface area contributed by atoms with Gasteiger partial charge in [0, 0.05) is 12.8 Å². The van der Waals surface area contributed by atoms with E-state index in [1.807, 2.05) is 6.92 Å². The van der Waals surface area contributed by atoms with Crippen LogP contribution in [0.4, 0.5) is 0 Å². The molecule has 43 heavy (non-hydrogen) atoms. The highest BCUT2D eigenvalue weighted by molar-refractivity contribution is 7.47. The molecule has 0 amide bonds. The van der Waals surface area contributed by atoms with Gasteiger partial charge in [-0.15, -0.1) is 0 Å². The molecule has 6 unspecified atom stereocenters. The molecule has 6 atom stereocenters. The van der Waals surface area contributed by atoms with Crippen molar-refractivity contribution in [3.8, 4) is 0 Å². The van der Waals surface area contributed by atoms with Crippen molar-refractivity contribution in [3.63, 3.8) is 0 Å². The summed E-state index contributed by atoms with van der Waals surface area (Å²) in [6.45, 7) is 2.90. The Kier molecular flexibility index (Phi) is 20.4. The van der Waals surface area contributed by atoms with Crippen molar-refractivity contribution in [2.45, 2.75) is 146 Å². The molecule has 1 aliphatic rings. The molecule has 1 rings (SSSR count). The highest BCUT2D eigenvalue weighted by Crippen LogP contribution is 2.47. The minimum atomic E-state index is -5.08. The maximum absolute atomic E-state index is 12.5. The van der Waals surface area contributed by atoms with Gasteiger partial charge in [0.25, 0.3) is 0 Å². The van der Waals surface area contributed by atoms with Crippen molar-refractivity contribution in [2.24, 2.45) is 0 Å². The predicted octanol–water partition coefficient (Wildman–Crippen LogP) is 2.82. The summed E-state index contributed by atoms with van der Waals surface area (Å²) in [6.07, 6.45) is 3.18. The first-order chi connectivity index (χ1) is 20.4. The third-order valence-corrected chi connectivity index (χ3v) is 8.09. The number of aliphatic hydroxyl groups is 5. The Morgan fingerprint density at radius 2 is 1.21 bits per heavy atom. The number of hydrogen-bond donors (Lipinski definition) is 6. The quantitative estimate of drug-likeness (QED) is 0.0411. The zero-order valence-electron chi connectivity index (χ0n) is 25.5. The monoisotopic (exact) mass is 640 g/mol. The van der Waals surface area contributed by atoms with E-state index in [4.69, 9.17) is 18.5 Å². The van der Waals surface area contributed by atoms with E-state index in [9.17, 15) is 44.6 Å². The number of aliphatic hydroxyl groups excluding tert-OH is 5. The van der Waals surface area contributed by atoms with E-state index < -0.39 is 75.7 Å². The number of phosphoric acid groups is 1. The Morgan fingerprint density at radius 3 is 1.81 bits per heavy atom. The van der Waals surface area contributed by atoms with E-state index >= 15 is 0 Å². The van der Waals surface area contributed by atoms with Gasteiger partial charge in [0.15, 0.2) is 6.10 Å². The van der Waals surface area contributed by atoms with E-state index in [0.717, 1.165) is 44.9 Å². The molecule has 1 fully saturated rings. The summed E-state index contributed by atoms with van der Waals surface area (Å²) in [4.78, 5) is 34.6. The summed E-state index contributed by atoms with van der Waals surface area (Å²) in [5.41, 5.74) is 0. The smallest absolute Gasteiger partial charge is 0.462 e. The fourth-order valence-electron chi connectivity index (χ4n) is 4.43. The van der Waals surface area contributed by atoms with E-state index in [0.29, 0.717) is 12.8 Å². The minimum absolute atomic E-state index is 0.0868. The summed E-state index contributed by atoms with van der Waals surface area (Å²) < 4.78 is 32.7. The van der Waals surface area contributed by atoms with Gasteiger partial charge in [-0.1, -0.05) is 64.5 Å². The van der Waals surface area contributed by atoms with Crippen LogP contribution in [0, 0.1) is 0 Å². The number of carbonyl (C=O) groups is 2. The summed E-state index contributed by atoms with van der Waals surface area (Å²) in [5, 5.41) is 49.4. The van der Waals surface area contributed by atoms with Gasteiger partial charge in [0.05, 0.1) is 6.61 Å². The summed E-state index contributed by atoms with van der Waals surface area (Å²) in [6, 6.07) is 0. The highest BCUT2D eigenvalue weighted by atomic mass is 31.2. The minimum Gasteiger partial charge on any atom is -0.462 e. The average Bonchev–Trinajstić information content (AvgIpc) is 2.98. The summed E-state index contributed by atoms with van der Waals surface area (Å²) in [5.74, 6) is -1.16. The van der Waals surface area contributed by atoms with Crippen LogP contribution in [0.25, 0.3) is 0 Å². The molecule has 0 aliphatic heterocycles. The number of phosphoric ester groups is 1. The number of esters is 2. The Morgan fingerprint density at radius 1 is 0.698 bits per heavy atom. The van der Waals surface area contributed by atoms with Crippen molar-refractivity contribution < 1.29 is 63.1 Å². The number of hydrogen-bond acceptors (Lipinski definition) is 12. The van der Waals surface area contributed by atoms with Gasteiger partial charge in [-0.3, -0.25) is 18.6 Å². The van der Waals surface area contributed by atoms with Gasteiger partial charge < -0.3 is 39.9 Å². The topological polar surface area (TPSA) is 210 Å². The molecule has 0 aromatic carbocycles. The largest absolute Gasteiger partial charge is 0.472 e. The van der Waals surface area contributed by atoms with Crippen LogP contribution in [-0.4, -0.2) is 98.3 Å². The molecule has 14 heteroatoms. The molecule has 0 radical (unpaired) electrons. The Labute approximate surface area is 254 Å². The van der Waals surface area contributed by atoms with E-state index in [1.54, 1.807) is 0 Å². The first-order valence-corrected chi connectivity index (χ1v) is 17.0. The van der Waals surface area contributed by atoms with Crippen molar-refractivity contribution in [1.29, 1.82) is 0 Å². The second-order valence-electron chi connectivity index (χ2n) is 11.0. The zero-order chi connectivity index (χ0) is 32.3. The SMILES string of the molecule is CCCCC/C=C\CCCCCCCC(=O)OC(COC(=O)CCCC)COP(=O)(O)OC1C(O)C(O)C(O)C(O)C1O. The van der Waals surface area contributed by atoms with Gasteiger partial charge >= 0.3 is 19.8 Å². The molecule has 1 saturated carbocycles.